The van der Waals surface area contributed by atoms with Crippen LogP contribution in [0, 0.1) is 0 Å². The van der Waals surface area contributed by atoms with Crippen LogP contribution in [0.4, 0.5) is 18.9 Å². The molecule has 1 aromatic heterocycles. The van der Waals surface area contributed by atoms with Crippen LogP contribution in [0.1, 0.15) is 10.5 Å². The molecule has 0 radical (unpaired) electrons. The van der Waals surface area contributed by atoms with Crippen LogP contribution >= 0.6 is 0 Å². The second kappa shape index (κ2) is 6.89. The second-order valence-corrected chi connectivity index (χ2v) is 5.48. The SMILES string of the molecule is O=C(O)c1nccc2c(NC(=O)[C@@H]3OCCO[C@@H]3C(F)(F)F)cccc12. The van der Waals surface area contributed by atoms with Crippen molar-refractivity contribution in [2.45, 2.75) is 18.4 Å². The van der Waals surface area contributed by atoms with Crippen LogP contribution in [0.5, 0.6) is 0 Å². The Morgan fingerprint density at radius 2 is 1.88 bits per heavy atom. The molecule has 0 aliphatic carbocycles. The number of aromatic nitrogens is 1. The van der Waals surface area contributed by atoms with Gasteiger partial charge in [-0.25, -0.2) is 9.78 Å². The molecule has 1 fully saturated rings. The van der Waals surface area contributed by atoms with E-state index in [1.165, 1.54) is 30.5 Å². The summed E-state index contributed by atoms with van der Waals surface area (Å²) in [6.45, 7) is -0.414. The average Bonchev–Trinajstić information content (AvgIpc) is 2.60. The number of carbonyl (C=O) groups excluding carboxylic acids is 1. The Hall–Kier alpha value is -2.72. The van der Waals surface area contributed by atoms with E-state index >= 15 is 0 Å². The van der Waals surface area contributed by atoms with Gasteiger partial charge in [0.05, 0.1) is 13.2 Å². The molecule has 0 saturated carbocycles. The summed E-state index contributed by atoms with van der Waals surface area (Å²) >= 11 is 0. The van der Waals surface area contributed by atoms with E-state index in [1.54, 1.807) is 0 Å². The molecular weight excluding hydrogens is 357 g/mol. The Morgan fingerprint density at radius 1 is 1.15 bits per heavy atom. The molecule has 0 unspecified atom stereocenters. The van der Waals surface area contributed by atoms with Gasteiger partial charge in [-0.15, -0.1) is 0 Å². The van der Waals surface area contributed by atoms with Crippen molar-refractivity contribution in [1.82, 2.24) is 4.98 Å². The maximum absolute atomic E-state index is 13.0. The number of rotatable bonds is 3. The van der Waals surface area contributed by atoms with Gasteiger partial charge in [-0.05, 0) is 12.1 Å². The third kappa shape index (κ3) is 3.46. The van der Waals surface area contributed by atoms with Crippen molar-refractivity contribution in [3.8, 4) is 0 Å². The smallest absolute Gasteiger partial charge is 0.417 e. The van der Waals surface area contributed by atoms with Crippen molar-refractivity contribution >= 4 is 28.3 Å². The molecule has 0 bridgehead atoms. The number of aromatic carboxylic acids is 1. The number of hydrogen-bond acceptors (Lipinski definition) is 5. The molecule has 2 aromatic rings. The Kier molecular flexibility index (Phi) is 4.79. The van der Waals surface area contributed by atoms with Crippen LogP contribution < -0.4 is 5.32 Å². The standard InChI is InChI=1S/C16H13F3N2O5/c17-16(18,19)13-12(25-6-7-26-13)14(22)21-10-3-1-2-9-8(10)4-5-20-11(9)15(23)24/h1-5,12-13H,6-7H2,(H,21,22)(H,23,24)/t12-,13+/m1/s1. The lowest BCUT2D eigenvalue weighted by Crippen LogP contribution is -2.53. The minimum atomic E-state index is -4.76. The molecule has 2 heterocycles. The number of anilines is 1. The molecule has 2 N–H and O–H groups in total. The van der Waals surface area contributed by atoms with Gasteiger partial charge in [0.1, 0.15) is 0 Å². The number of carboxylic acid groups (broad SMARTS) is 1. The molecule has 0 spiro atoms. The Balaban J connectivity index is 1.92. The van der Waals surface area contributed by atoms with Crippen LogP contribution in [-0.4, -0.2) is 53.6 Å². The first-order valence-electron chi connectivity index (χ1n) is 7.51. The molecule has 1 aliphatic rings. The van der Waals surface area contributed by atoms with Gasteiger partial charge in [-0.3, -0.25) is 4.79 Å². The summed E-state index contributed by atoms with van der Waals surface area (Å²) in [6, 6.07) is 5.85. The van der Waals surface area contributed by atoms with E-state index in [4.69, 9.17) is 4.74 Å². The van der Waals surface area contributed by atoms with Gasteiger partial charge in [0, 0.05) is 22.7 Å². The zero-order valence-electron chi connectivity index (χ0n) is 13.1. The number of hydrogen-bond donors (Lipinski definition) is 2. The predicted molar refractivity (Wildman–Crippen MR) is 82.9 cm³/mol. The molecule has 2 atom stereocenters. The highest BCUT2D eigenvalue weighted by Crippen LogP contribution is 2.30. The minimum Gasteiger partial charge on any atom is -0.476 e. The number of fused-ring (bicyclic) bond motifs is 1. The lowest BCUT2D eigenvalue weighted by molar-refractivity contribution is -0.271. The Bertz CT molecular complexity index is 855. The minimum absolute atomic E-state index is 0.146. The second-order valence-electron chi connectivity index (χ2n) is 5.48. The van der Waals surface area contributed by atoms with Gasteiger partial charge in [-0.1, -0.05) is 12.1 Å². The summed E-state index contributed by atoms with van der Waals surface area (Å²) in [5.74, 6) is -2.30. The van der Waals surface area contributed by atoms with Gasteiger partial charge < -0.3 is 19.9 Å². The highest BCUT2D eigenvalue weighted by molar-refractivity contribution is 6.09. The number of alkyl halides is 3. The summed E-state index contributed by atoms with van der Waals surface area (Å²) < 4.78 is 48.7. The molecule has 7 nitrogen and oxygen atoms in total. The van der Waals surface area contributed by atoms with E-state index in [9.17, 15) is 27.9 Å². The number of nitrogens with zero attached hydrogens (tertiary/aromatic N) is 1. The van der Waals surface area contributed by atoms with Gasteiger partial charge in [0.2, 0.25) is 0 Å². The van der Waals surface area contributed by atoms with E-state index in [1.807, 2.05) is 0 Å². The molecule has 1 amide bonds. The highest BCUT2D eigenvalue weighted by atomic mass is 19.4. The Morgan fingerprint density at radius 3 is 2.58 bits per heavy atom. The number of carbonyl (C=O) groups is 2. The highest BCUT2D eigenvalue weighted by Gasteiger charge is 2.51. The monoisotopic (exact) mass is 370 g/mol. The van der Waals surface area contributed by atoms with E-state index in [0.29, 0.717) is 5.39 Å². The third-order valence-electron chi connectivity index (χ3n) is 3.80. The quantitative estimate of drug-likeness (QED) is 0.860. The van der Waals surface area contributed by atoms with Crippen LogP contribution in [0.15, 0.2) is 30.5 Å². The summed E-state index contributed by atoms with van der Waals surface area (Å²) in [4.78, 5) is 27.3. The maximum Gasteiger partial charge on any atom is 0.417 e. The van der Waals surface area contributed by atoms with E-state index in [-0.39, 0.29) is 30.0 Å². The first kappa shape index (κ1) is 18.1. The van der Waals surface area contributed by atoms with Crippen molar-refractivity contribution < 1.29 is 37.3 Å². The number of amides is 1. The zero-order chi connectivity index (χ0) is 18.9. The lowest BCUT2D eigenvalue weighted by atomic mass is 10.1. The molecule has 10 heteroatoms. The van der Waals surface area contributed by atoms with E-state index in [2.05, 4.69) is 15.0 Å². The van der Waals surface area contributed by atoms with Crippen molar-refractivity contribution in [1.29, 1.82) is 0 Å². The van der Waals surface area contributed by atoms with Crippen LogP contribution in [-0.2, 0) is 14.3 Å². The van der Waals surface area contributed by atoms with Crippen molar-refractivity contribution in [3.05, 3.63) is 36.2 Å². The fourth-order valence-corrected chi connectivity index (χ4v) is 2.69. The fourth-order valence-electron chi connectivity index (χ4n) is 2.69. The van der Waals surface area contributed by atoms with Crippen molar-refractivity contribution in [3.63, 3.8) is 0 Å². The molecular formula is C16H13F3N2O5. The number of benzene rings is 1. The number of ether oxygens (including phenoxy) is 2. The van der Waals surface area contributed by atoms with Crippen molar-refractivity contribution in [2.24, 2.45) is 0 Å². The summed E-state index contributed by atoms with van der Waals surface area (Å²) in [6.07, 6.45) is -7.76. The predicted octanol–water partition coefficient (Wildman–Crippen LogP) is 2.22. The largest absolute Gasteiger partial charge is 0.476 e. The van der Waals surface area contributed by atoms with Gasteiger partial charge >= 0.3 is 12.1 Å². The van der Waals surface area contributed by atoms with E-state index < -0.39 is 30.3 Å². The summed E-state index contributed by atoms with van der Waals surface area (Å²) in [5, 5.41) is 12.1. The van der Waals surface area contributed by atoms with Gasteiger partial charge in [0.25, 0.3) is 5.91 Å². The van der Waals surface area contributed by atoms with Crippen LogP contribution in [0.3, 0.4) is 0 Å². The number of carboxylic acids is 1. The lowest BCUT2D eigenvalue weighted by Gasteiger charge is -2.32. The fraction of sp³-hybridized carbons (Fsp3) is 0.312. The topological polar surface area (TPSA) is 97.8 Å². The molecule has 1 aromatic carbocycles. The Labute approximate surface area is 144 Å². The summed E-state index contributed by atoms with van der Waals surface area (Å²) in [7, 11) is 0. The van der Waals surface area contributed by atoms with E-state index in [0.717, 1.165) is 0 Å². The normalized spacial score (nSPS) is 20.7. The third-order valence-corrected chi connectivity index (χ3v) is 3.80. The number of pyridine rings is 1. The molecule has 1 aliphatic heterocycles. The summed E-state index contributed by atoms with van der Waals surface area (Å²) in [5.41, 5.74) is -0.0866. The van der Waals surface area contributed by atoms with Gasteiger partial charge in [0.15, 0.2) is 17.9 Å². The van der Waals surface area contributed by atoms with Gasteiger partial charge in [-0.2, -0.15) is 13.2 Å². The molecule has 138 valence electrons. The van der Waals surface area contributed by atoms with Crippen LogP contribution in [0.2, 0.25) is 0 Å². The maximum atomic E-state index is 13.0. The molecule has 3 rings (SSSR count). The van der Waals surface area contributed by atoms with Crippen molar-refractivity contribution in [2.75, 3.05) is 18.5 Å². The molecule has 1 saturated heterocycles. The molecule has 26 heavy (non-hydrogen) atoms. The number of nitrogens with one attached hydrogen (secondary N) is 1. The van der Waals surface area contributed by atoms with Crippen LogP contribution in [0.25, 0.3) is 10.8 Å². The average molecular weight is 370 g/mol. The first-order chi connectivity index (χ1) is 12.3. The number of halogens is 3. The first-order valence-corrected chi connectivity index (χ1v) is 7.51. The zero-order valence-corrected chi connectivity index (χ0v) is 13.1.